The molecule has 1 aliphatic heterocycles. The molecule has 1 aliphatic rings. The van der Waals surface area contributed by atoms with Crippen molar-refractivity contribution in [1.29, 1.82) is 0 Å². The van der Waals surface area contributed by atoms with Crippen molar-refractivity contribution in [2.45, 2.75) is 13.5 Å². The molecular weight excluding hydrogens is 514 g/mol. The van der Waals surface area contributed by atoms with Crippen LogP contribution in [0.5, 0.6) is 11.5 Å². The van der Waals surface area contributed by atoms with Gasteiger partial charge in [0.05, 0.1) is 16.0 Å². The number of hydrogen-bond donors (Lipinski definition) is 1. The van der Waals surface area contributed by atoms with Crippen LogP contribution in [0.15, 0.2) is 50.2 Å². The molecule has 27 heavy (non-hydrogen) atoms. The molecule has 8 heteroatoms. The Balaban J connectivity index is 1.85. The molecule has 3 rings (SSSR count). The molecule has 0 unspecified atom stereocenters. The van der Waals surface area contributed by atoms with Crippen LogP contribution >= 0.6 is 55.8 Å². The molecule has 0 saturated carbocycles. The lowest BCUT2D eigenvalue weighted by Crippen LogP contribution is -2.17. The summed E-state index contributed by atoms with van der Waals surface area (Å²) >= 11 is 13.3. The summed E-state index contributed by atoms with van der Waals surface area (Å²) in [5.41, 5.74) is 1.87. The van der Waals surface area contributed by atoms with E-state index in [0.717, 1.165) is 20.1 Å². The summed E-state index contributed by atoms with van der Waals surface area (Å²) in [6, 6.07) is 11.7. The average molecular weight is 529 g/mol. The van der Waals surface area contributed by atoms with Gasteiger partial charge in [-0.05, 0) is 64.3 Å². The molecule has 1 saturated heterocycles. The maximum atomic E-state index is 11.9. The number of carbonyl (C=O) groups is 1. The van der Waals surface area contributed by atoms with E-state index in [1.165, 1.54) is 11.8 Å². The van der Waals surface area contributed by atoms with E-state index in [4.69, 9.17) is 21.7 Å². The van der Waals surface area contributed by atoms with E-state index in [-0.39, 0.29) is 5.91 Å². The third kappa shape index (κ3) is 5.34. The van der Waals surface area contributed by atoms with E-state index < -0.39 is 0 Å². The Morgan fingerprint density at radius 3 is 2.56 bits per heavy atom. The fraction of sp³-hybridized carbons (Fsp3) is 0.158. The van der Waals surface area contributed by atoms with Gasteiger partial charge in [0.15, 0.2) is 11.5 Å². The van der Waals surface area contributed by atoms with Crippen molar-refractivity contribution < 1.29 is 14.3 Å². The van der Waals surface area contributed by atoms with Gasteiger partial charge in [-0.2, -0.15) is 0 Å². The minimum Gasteiger partial charge on any atom is -0.490 e. The summed E-state index contributed by atoms with van der Waals surface area (Å²) < 4.78 is 14.0. The minimum atomic E-state index is -0.186. The molecule has 1 fully saturated rings. The average Bonchev–Trinajstić information content (AvgIpc) is 2.93. The first-order chi connectivity index (χ1) is 13.0. The molecule has 1 N–H and O–H groups in total. The molecule has 140 valence electrons. The Labute approximate surface area is 184 Å². The van der Waals surface area contributed by atoms with Gasteiger partial charge >= 0.3 is 0 Å². The maximum absolute atomic E-state index is 11.9. The third-order valence-electron chi connectivity index (χ3n) is 3.57. The van der Waals surface area contributed by atoms with Gasteiger partial charge in [-0.25, -0.2) is 0 Å². The molecule has 2 aromatic rings. The van der Waals surface area contributed by atoms with Gasteiger partial charge in [-0.15, -0.1) is 0 Å². The monoisotopic (exact) mass is 527 g/mol. The maximum Gasteiger partial charge on any atom is 0.263 e. The predicted octanol–water partition coefficient (Wildman–Crippen LogP) is 5.68. The first-order valence-corrected chi connectivity index (χ1v) is 10.9. The minimum absolute atomic E-state index is 0.186. The molecule has 1 amide bonds. The first kappa shape index (κ1) is 20.4. The number of benzene rings is 2. The Morgan fingerprint density at radius 2 is 1.93 bits per heavy atom. The molecule has 4 nitrogen and oxygen atoms in total. The number of hydrogen-bond acceptors (Lipinski definition) is 5. The Hall–Kier alpha value is -1.35. The second kappa shape index (κ2) is 9.23. The van der Waals surface area contributed by atoms with Crippen LogP contribution < -0.4 is 14.8 Å². The standard InChI is InChI=1S/C19H15Br2NO3S2/c1-2-24-15-8-12(9-16-18(23)22-19(26)27-16)7-14(21)17(15)25-10-11-3-5-13(20)6-4-11/h3-9H,2,10H2,1H3,(H,22,23,26)/b16-9+. The van der Waals surface area contributed by atoms with E-state index in [2.05, 4.69) is 37.2 Å². The second-order valence-electron chi connectivity index (χ2n) is 5.53. The van der Waals surface area contributed by atoms with E-state index in [1.54, 1.807) is 6.08 Å². The highest BCUT2D eigenvalue weighted by Crippen LogP contribution is 2.39. The van der Waals surface area contributed by atoms with Gasteiger partial charge in [0, 0.05) is 4.47 Å². The van der Waals surface area contributed by atoms with Crippen molar-refractivity contribution in [1.82, 2.24) is 5.32 Å². The van der Waals surface area contributed by atoms with Crippen LogP contribution in [-0.2, 0) is 11.4 Å². The number of rotatable bonds is 6. The largest absolute Gasteiger partial charge is 0.490 e. The molecule has 0 aliphatic carbocycles. The zero-order chi connectivity index (χ0) is 19.4. The number of thioether (sulfide) groups is 1. The molecule has 2 aromatic carbocycles. The highest BCUT2D eigenvalue weighted by molar-refractivity contribution is 9.10. The van der Waals surface area contributed by atoms with Crippen LogP contribution in [0.1, 0.15) is 18.1 Å². The van der Waals surface area contributed by atoms with Gasteiger partial charge in [-0.3, -0.25) is 4.79 Å². The SMILES string of the molecule is CCOc1cc(/C=C2/SC(=S)NC2=O)cc(Br)c1OCc1ccc(Br)cc1. The van der Waals surface area contributed by atoms with Gasteiger partial charge in [0.1, 0.15) is 10.9 Å². The van der Waals surface area contributed by atoms with E-state index in [9.17, 15) is 4.79 Å². The Morgan fingerprint density at radius 1 is 1.19 bits per heavy atom. The highest BCUT2D eigenvalue weighted by Gasteiger charge is 2.22. The lowest BCUT2D eigenvalue weighted by atomic mass is 10.1. The van der Waals surface area contributed by atoms with Gasteiger partial charge in [0.2, 0.25) is 0 Å². The molecule has 0 atom stereocenters. The van der Waals surface area contributed by atoms with Crippen LogP contribution in [-0.4, -0.2) is 16.8 Å². The van der Waals surface area contributed by atoms with Crippen molar-refractivity contribution in [3.63, 3.8) is 0 Å². The smallest absolute Gasteiger partial charge is 0.263 e. The summed E-state index contributed by atoms with van der Waals surface area (Å²) in [5.74, 6) is 1.05. The summed E-state index contributed by atoms with van der Waals surface area (Å²) in [6.45, 7) is 2.83. The number of amides is 1. The fourth-order valence-electron chi connectivity index (χ4n) is 2.38. The fourth-order valence-corrected chi connectivity index (χ4v) is 4.27. The molecule has 0 radical (unpaired) electrons. The third-order valence-corrected chi connectivity index (χ3v) is 5.85. The number of nitrogens with one attached hydrogen (secondary N) is 1. The van der Waals surface area contributed by atoms with Crippen LogP contribution in [0, 0.1) is 0 Å². The summed E-state index contributed by atoms with van der Waals surface area (Å²) in [6.07, 6.45) is 1.78. The van der Waals surface area contributed by atoms with E-state index in [0.29, 0.717) is 33.9 Å². The quantitative estimate of drug-likeness (QED) is 0.386. The van der Waals surface area contributed by atoms with Crippen LogP contribution in [0.25, 0.3) is 6.08 Å². The molecule has 0 bridgehead atoms. The van der Waals surface area contributed by atoms with Crippen molar-refractivity contribution in [3.8, 4) is 11.5 Å². The Bertz CT molecular complexity index is 914. The molecular formula is C19H15Br2NO3S2. The van der Waals surface area contributed by atoms with Crippen molar-refractivity contribution in [3.05, 3.63) is 61.4 Å². The lowest BCUT2D eigenvalue weighted by molar-refractivity contribution is -0.115. The number of thiocarbonyl (C=S) groups is 1. The molecule has 0 aromatic heterocycles. The van der Waals surface area contributed by atoms with Crippen molar-refractivity contribution in [2.75, 3.05) is 6.61 Å². The van der Waals surface area contributed by atoms with Crippen molar-refractivity contribution in [2.24, 2.45) is 0 Å². The predicted molar refractivity (Wildman–Crippen MR) is 120 cm³/mol. The topological polar surface area (TPSA) is 47.6 Å². The van der Waals surface area contributed by atoms with E-state index in [1.807, 2.05) is 43.3 Å². The zero-order valence-electron chi connectivity index (χ0n) is 14.3. The van der Waals surface area contributed by atoms with Crippen LogP contribution in [0.2, 0.25) is 0 Å². The zero-order valence-corrected chi connectivity index (χ0v) is 19.1. The second-order valence-corrected chi connectivity index (χ2v) is 9.02. The van der Waals surface area contributed by atoms with Gasteiger partial charge < -0.3 is 14.8 Å². The Kier molecular flexibility index (Phi) is 6.97. The van der Waals surface area contributed by atoms with Gasteiger partial charge in [0.25, 0.3) is 5.91 Å². The molecule has 0 spiro atoms. The van der Waals surface area contributed by atoms with Crippen LogP contribution in [0.4, 0.5) is 0 Å². The summed E-state index contributed by atoms with van der Waals surface area (Å²) in [4.78, 5) is 12.4. The number of halogens is 2. The lowest BCUT2D eigenvalue weighted by Gasteiger charge is -2.15. The van der Waals surface area contributed by atoms with Gasteiger partial charge in [-0.1, -0.05) is 52.0 Å². The highest BCUT2D eigenvalue weighted by atomic mass is 79.9. The first-order valence-electron chi connectivity index (χ1n) is 8.04. The van der Waals surface area contributed by atoms with E-state index >= 15 is 0 Å². The van der Waals surface area contributed by atoms with Crippen LogP contribution in [0.3, 0.4) is 0 Å². The normalized spacial score (nSPS) is 15.1. The molecule has 1 heterocycles. The summed E-state index contributed by atoms with van der Waals surface area (Å²) in [5, 5.41) is 2.61. The summed E-state index contributed by atoms with van der Waals surface area (Å²) in [7, 11) is 0. The number of carbonyl (C=O) groups excluding carboxylic acids is 1. The van der Waals surface area contributed by atoms with Crippen molar-refractivity contribution >= 4 is 72.1 Å². The number of ether oxygens (including phenoxy) is 2.